The molecular weight excluding hydrogens is 214 g/mol. The Kier molecular flexibility index (Phi) is 2.68. The maximum atomic E-state index is 4.39. The van der Waals surface area contributed by atoms with Crippen LogP contribution in [-0.2, 0) is 6.54 Å². The molecule has 90 valence electrons. The molecule has 0 saturated carbocycles. The molecule has 2 N–H and O–H groups in total. The largest absolute Gasteiger partial charge is 0.380 e. The normalized spacial score (nSPS) is 19.9. The first-order chi connectivity index (χ1) is 8.38. The van der Waals surface area contributed by atoms with Gasteiger partial charge in [-0.1, -0.05) is 0 Å². The van der Waals surface area contributed by atoms with Gasteiger partial charge in [0.2, 0.25) is 0 Å². The van der Waals surface area contributed by atoms with E-state index in [0.717, 1.165) is 36.4 Å². The lowest BCUT2D eigenvalue weighted by Crippen LogP contribution is -2.22. The third-order valence-electron chi connectivity index (χ3n) is 3.26. The second-order valence-electron chi connectivity index (χ2n) is 4.39. The van der Waals surface area contributed by atoms with E-state index in [1.54, 1.807) is 0 Å². The van der Waals surface area contributed by atoms with Gasteiger partial charge in [0.1, 0.15) is 0 Å². The van der Waals surface area contributed by atoms with Gasteiger partial charge in [0, 0.05) is 31.0 Å². The first-order valence-corrected chi connectivity index (χ1v) is 6.16. The third-order valence-corrected chi connectivity index (χ3v) is 3.26. The van der Waals surface area contributed by atoms with Crippen molar-refractivity contribution in [1.29, 1.82) is 0 Å². The standard InChI is InChI=1S/C12H17N5/c1-2-17-12-10(8-15-17)11(4-6-14-12)16-9-3-5-13-7-9/h4,6,8-9,13H,2-3,5,7H2,1H3,(H,14,16)/t9-/m1/s1. The number of hydrogen-bond donors (Lipinski definition) is 2. The van der Waals surface area contributed by atoms with Gasteiger partial charge >= 0.3 is 0 Å². The molecule has 0 spiro atoms. The van der Waals surface area contributed by atoms with Crippen molar-refractivity contribution >= 4 is 16.7 Å². The Bertz CT molecular complexity index is 513. The molecular formula is C12H17N5. The molecule has 2 aromatic heterocycles. The molecule has 0 amide bonds. The summed E-state index contributed by atoms with van der Waals surface area (Å²) in [6.45, 7) is 5.06. The molecule has 1 aliphatic heterocycles. The van der Waals surface area contributed by atoms with Crippen LogP contribution < -0.4 is 10.6 Å². The minimum Gasteiger partial charge on any atom is -0.380 e. The Morgan fingerprint density at radius 2 is 2.53 bits per heavy atom. The number of nitrogens with zero attached hydrogens (tertiary/aromatic N) is 3. The lowest BCUT2D eigenvalue weighted by atomic mass is 10.2. The summed E-state index contributed by atoms with van der Waals surface area (Å²) < 4.78 is 1.92. The molecule has 0 bridgehead atoms. The van der Waals surface area contributed by atoms with Gasteiger partial charge in [-0.2, -0.15) is 5.10 Å². The van der Waals surface area contributed by atoms with Crippen LogP contribution in [0.1, 0.15) is 13.3 Å². The van der Waals surface area contributed by atoms with Crippen molar-refractivity contribution in [3.63, 3.8) is 0 Å². The summed E-state index contributed by atoms with van der Waals surface area (Å²) >= 11 is 0. The van der Waals surface area contributed by atoms with Crippen LogP contribution in [-0.4, -0.2) is 33.9 Å². The summed E-state index contributed by atoms with van der Waals surface area (Å²) in [4.78, 5) is 4.39. The predicted molar refractivity (Wildman–Crippen MR) is 68.1 cm³/mol. The zero-order valence-corrected chi connectivity index (χ0v) is 9.98. The number of fused-ring (bicyclic) bond motifs is 1. The van der Waals surface area contributed by atoms with Gasteiger partial charge in [-0.3, -0.25) is 0 Å². The van der Waals surface area contributed by atoms with Crippen molar-refractivity contribution in [2.45, 2.75) is 25.9 Å². The fourth-order valence-corrected chi connectivity index (χ4v) is 2.33. The van der Waals surface area contributed by atoms with Gasteiger partial charge < -0.3 is 10.6 Å². The van der Waals surface area contributed by atoms with E-state index >= 15 is 0 Å². The summed E-state index contributed by atoms with van der Waals surface area (Å²) in [5, 5.41) is 12.4. The molecule has 0 radical (unpaired) electrons. The number of rotatable bonds is 3. The fraction of sp³-hybridized carbons (Fsp3) is 0.500. The summed E-state index contributed by atoms with van der Waals surface area (Å²) in [5.41, 5.74) is 2.10. The molecule has 5 heteroatoms. The molecule has 5 nitrogen and oxygen atoms in total. The number of aromatic nitrogens is 3. The highest BCUT2D eigenvalue weighted by Crippen LogP contribution is 2.22. The van der Waals surface area contributed by atoms with Gasteiger partial charge in [0.05, 0.1) is 11.6 Å². The lowest BCUT2D eigenvalue weighted by molar-refractivity contribution is 0.677. The molecule has 1 saturated heterocycles. The van der Waals surface area contributed by atoms with Crippen LogP contribution in [0.3, 0.4) is 0 Å². The SMILES string of the molecule is CCn1ncc2c(N[C@@H]3CCNC3)ccnc21. The Balaban J connectivity index is 1.95. The first-order valence-electron chi connectivity index (χ1n) is 6.16. The molecule has 0 aliphatic carbocycles. The molecule has 1 aliphatic rings. The Labute approximate surface area is 100 Å². The lowest BCUT2D eigenvalue weighted by Gasteiger charge is -2.13. The van der Waals surface area contributed by atoms with E-state index in [2.05, 4.69) is 27.6 Å². The number of pyridine rings is 1. The smallest absolute Gasteiger partial charge is 0.159 e. The molecule has 1 atom stereocenters. The quantitative estimate of drug-likeness (QED) is 0.834. The zero-order chi connectivity index (χ0) is 11.7. The highest BCUT2D eigenvalue weighted by atomic mass is 15.3. The number of aryl methyl sites for hydroxylation is 1. The summed E-state index contributed by atoms with van der Waals surface area (Å²) in [6, 6.07) is 2.55. The molecule has 3 heterocycles. The molecule has 3 rings (SSSR count). The summed E-state index contributed by atoms with van der Waals surface area (Å²) in [7, 11) is 0. The van der Waals surface area contributed by atoms with Crippen molar-refractivity contribution < 1.29 is 0 Å². The minimum absolute atomic E-state index is 0.519. The second kappa shape index (κ2) is 4.33. The maximum absolute atomic E-state index is 4.39. The van der Waals surface area contributed by atoms with Crippen molar-refractivity contribution in [2.75, 3.05) is 18.4 Å². The summed E-state index contributed by atoms with van der Waals surface area (Å²) in [5.74, 6) is 0. The predicted octanol–water partition coefficient (Wildman–Crippen LogP) is 1.22. The molecule has 0 aromatic carbocycles. The highest BCUT2D eigenvalue weighted by molar-refractivity contribution is 5.88. The van der Waals surface area contributed by atoms with Crippen molar-refractivity contribution in [2.24, 2.45) is 0 Å². The number of anilines is 1. The highest BCUT2D eigenvalue weighted by Gasteiger charge is 2.15. The average Bonchev–Trinajstić information content (AvgIpc) is 2.97. The van der Waals surface area contributed by atoms with Crippen LogP contribution in [0.4, 0.5) is 5.69 Å². The van der Waals surface area contributed by atoms with E-state index in [0.29, 0.717) is 6.04 Å². The Hall–Kier alpha value is -1.62. The van der Waals surface area contributed by atoms with Crippen LogP contribution in [0, 0.1) is 0 Å². The van der Waals surface area contributed by atoms with Crippen LogP contribution in [0.5, 0.6) is 0 Å². The van der Waals surface area contributed by atoms with Crippen molar-refractivity contribution in [1.82, 2.24) is 20.1 Å². The topological polar surface area (TPSA) is 54.8 Å². The third kappa shape index (κ3) is 1.86. The average molecular weight is 231 g/mol. The molecule has 2 aromatic rings. The molecule has 17 heavy (non-hydrogen) atoms. The molecule has 0 unspecified atom stereocenters. The van der Waals surface area contributed by atoms with E-state index in [-0.39, 0.29) is 0 Å². The number of nitrogens with one attached hydrogen (secondary N) is 2. The first kappa shape index (κ1) is 10.5. The Morgan fingerprint density at radius 1 is 1.59 bits per heavy atom. The van der Waals surface area contributed by atoms with E-state index in [4.69, 9.17) is 0 Å². The van der Waals surface area contributed by atoms with Crippen molar-refractivity contribution in [3.8, 4) is 0 Å². The monoisotopic (exact) mass is 231 g/mol. The minimum atomic E-state index is 0.519. The van der Waals surface area contributed by atoms with E-state index in [1.165, 1.54) is 6.42 Å². The van der Waals surface area contributed by atoms with Gasteiger partial charge in [-0.05, 0) is 26.0 Å². The zero-order valence-electron chi connectivity index (χ0n) is 9.98. The van der Waals surface area contributed by atoms with Gasteiger partial charge in [-0.25, -0.2) is 9.67 Å². The van der Waals surface area contributed by atoms with Crippen LogP contribution in [0.2, 0.25) is 0 Å². The van der Waals surface area contributed by atoms with Gasteiger partial charge in [-0.15, -0.1) is 0 Å². The molecule has 1 fully saturated rings. The Morgan fingerprint density at radius 3 is 3.29 bits per heavy atom. The maximum Gasteiger partial charge on any atom is 0.159 e. The number of hydrogen-bond acceptors (Lipinski definition) is 4. The van der Waals surface area contributed by atoms with Gasteiger partial charge in [0.15, 0.2) is 5.65 Å². The fourth-order valence-electron chi connectivity index (χ4n) is 2.33. The van der Waals surface area contributed by atoms with Crippen LogP contribution in [0.25, 0.3) is 11.0 Å². The van der Waals surface area contributed by atoms with E-state index in [1.807, 2.05) is 23.1 Å². The van der Waals surface area contributed by atoms with Crippen molar-refractivity contribution in [3.05, 3.63) is 18.5 Å². The second-order valence-corrected chi connectivity index (χ2v) is 4.39. The summed E-state index contributed by atoms with van der Waals surface area (Å²) in [6.07, 6.45) is 4.92. The van der Waals surface area contributed by atoms with E-state index in [9.17, 15) is 0 Å². The van der Waals surface area contributed by atoms with Crippen LogP contribution >= 0.6 is 0 Å². The van der Waals surface area contributed by atoms with E-state index < -0.39 is 0 Å². The van der Waals surface area contributed by atoms with Gasteiger partial charge in [0.25, 0.3) is 0 Å². The van der Waals surface area contributed by atoms with Crippen LogP contribution in [0.15, 0.2) is 18.5 Å².